The number of benzene rings is 2. The summed E-state index contributed by atoms with van der Waals surface area (Å²) in [6, 6.07) is 20.9. The van der Waals surface area contributed by atoms with Crippen LogP contribution in [0.1, 0.15) is 18.0 Å². The van der Waals surface area contributed by atoms with Gasteiger partial charge in [0.2, 0.25) is 5.91 Å². The van der Waals surface area contributed by atoms with E-state index in [1.54, 1.807) is 0 Å². The summed E-state index contributed by atoms with van der Waals surface area (Å²) in [5.41, 5.74) is 2.34. The van der Waals surface area contributed by atoms with Crippen molar-refractivity contribution in [2.75, 3.05) is 18.5 Å². The van der Waals surface area contributed by atoms with Gasteiger partial charge < -0.3 is 4.90 Å². The van der Waals surface area contributed by atoms with Crippen LogP contribution < -0.4 is 4.90 Å². The summed E-state index contributed by atoms with van der Waals surface area (Å²) in [6.07, 6.45) is 1.06. The van der Waals surface area contributed by atoms with Crippen LogP contribution in [0.25, 0.3) is 0 Å². The SMILES string of the molecule is CN1[C@@H]2C(=O)N(c3ccccc3)C[C@@H]2C[C@H]1c1ccccc1. The molecule has 0 N–H and O–H groups in total. The van der Waals surface area contributed by atoms with E-state index in [1.807, 2.05) is 41.3 Å². The molecule has 0 aliphatic carbocycles. The molecule has 0 spiro atoms. The summed E-state index contributed by atoms with van der Waals surface area (Å²) in [7, 11) is 2.09. The van der Waals surface area contributed by atoms with Gasteiger partial charge in [0.05, 0.1) is 6.04 Å². The number of para-hydroxylation sites is 1. The maximum atomic E-state index is 12.9. The quantitative estimate of drug-likeness (QED) is 0.849. The Hall–Kier alpha value is -2.13. The van der Waals surface area contributed by atoms with Gasteiger partial charge in [0, 0.05) is 24.2 Å². The predicted octanol–water partition coefficient (Wildman–Crippen LogP) is 3.09. The lowest BCUT2D eigenvalue weighted by molar-refractivity contribution is -0.121. The second-order valence-electron chi connectivity index (χ2n) is 6.32. The van der Waals surface area contributed by atoms with E-state index >= 15 is 0 Å². The number of carbonyl (C=O) groups is 1. The van der Waals surface area contributed by atoms with Crippen LogP contribution >= 0.6 is 0 Å². The van der Waals surface area contributed by atoms with Crippen LogP contribution in [0.15, 0.2) is 60.7 Å². The van der Waals surface area contributed by atoms with Crippen LogP contribution in [0.5, 0.6) is 0 Å². The van der Waals surface area contributed by atoms with E-state index in [0.717, 1.165) is 18.7 Å². The number of nitrogens with zero attached hydrogens (tertiary/aromatic N) is 2. The van der Waals surface area contributed by atoms with Gasteiger partial charge in [0.15, 0.2) is 0 Å². The Balaban J connectivity index is 1.59. The first-order valence-electron chi connectivity index (χ1n) is 7.89. The number of fused-ring (bicyclic) bond motifs is 1. The lowest BCUT2D eigenvalue weighted by atomic mass is 9.98. The Labute approximate surface area is 131 Å². The van der Waals surface area contributed by atoms with E-state index in [2.05, 4.69) is 36.2 Å². The van der Waals surface area contributed by atoms with E-state index in [-0.39, 0.29) is 11.9 Å². The van der Waals surface area contributed by atoms with Gasteiger partial charge in [-0.3, -0.25) is 9.69 Å². The minimum Gasteiger partial charge on any atom is -0.311 e. The summed E-state index contributed by atoms with van der Waals surface area (Å²) in [5.74, 6) is 0.667. The highest BCUT2D eigenvalue weighted by Gasteiger charge is 2.50. The molecular formula is C19H20N2O. The number of hydrogen-bond acceptors (Lipinski definition) is 2. The van der Waals surface area contributed by atoms with E-state index < -0.39 is 0 Å². The highest BCUT2D eigenvalue weighted by Crippen LogP contribution is 2.43. The zero-order valence-electron chi connectivity index (χ0n) is 12.7. The normalized spacial score (nSPS) is 28.1. The van der Waals surface area contributed by atoms with Crippen LogP contribution in [-0.4, -0.2) is 30.4 Å². The molecule has 2 fully saturated rings. The number of rotatable bonds is 2. The lowest BCUT2D eigenvalue weighted by Crippen LogP contribution is -2.39. The Morgan fingerprint density at radius 1 is 0.955 bits per heavy atom. The summed E-state index contributed by atoms with van der Waals surface area (Å²) in [5, 5.41) is 0. The summed E-state index contributed by atoms with van der Waals surface area (Å²) >= 11 is 0. The molecule has 2 heterocycles. The van der Waals surface area contributed by atoms with Crippen molar-refractivity contribution < 1.29 is 4.79 Å². The minimum absolute atomic E-state index is 0.0189. The highest BCUT2D eigenvalue weighted by atomic mass is 16.2. The molecular weight excluding hydrogens is 272 g/mol. The molecule has 22 heavy (non-hydrogen) atoms. The minimum atomic E-state index is 0.0189. The molecule has 2 aliphatic rings. The Bertz CT molecular complexity index is 670. The van der Waals surface area contributed by atoms with Crippen molar-refractivity contribution >= 4 is 11.6 Å². The van der Waals surface area contributed by atoms with Gasteiger partial charge in [-0.2, -0.15) is 0 Å². The lowest BCUT2D eigenvalue weighted by Gasteiger charge is -2.26. The molecule has 2 aromatic rings. The molecule has 2 aromatic carbocycles. The maximum Gasteiger partial charge on any atom is 0.244 e. The van der Waals surface area contributed by atoms with E-state index in [1.165, 1.54) is 5.56 Å². The van der Waals surface area contributed by atoms with Gasteiger partial charge in [-0.1, -0.05) is 48.5 Å². The van der Waals surface area contributed by atoms with Crippen molar-refractivity contribution in [3.63, 3.8) is 0 Å². The average Bonchev–Trinajstić information content (AvgIpc) is 3.07. The summed E-state index contributed by atoms with van der Waals surface area (Å²) in [6.45, 7) is 0.835. The third kappa shape index (κ3) is 2.04. The fourth-order valence-electron chi connectivity index (χ4n) is 4.03. The molecule has 0 saturated carbocycles. The molecule has 3 heteroatoms. The van der Waals surface area contributed by atoms with E-state index in [4.69, 9.17) is 0 Å². The summed E-state index contributed by atoms with van der Waals surface area (Å²) in [4.78, 5) is 17.1. The van der Waals surface area contributed by atoms with Gasteiger partial charge in [-0.05, 0) is 31.2 Å². The van der Waals surface area contributed by atoms with Crippen molar-refractivity contribution in [1.82, 2.24) is 4.90 Å². The molecule has 0 unspecified atom stereocenters. The van der Waals surface area contributed by atoms with Crippen molar-refractivity contribution in [3.05, 3.63) is 66.2 Å². The zero-order valence-corrected chi connectivity index (χ0v) is 12.7. The fourth-order valence-corrected chi connectivity index (χ4v) is 4.03. The number of hydrogen-bond donors (Lipinski definition) is 0. The molecule has 1 amide bonds. The van der Waals surface area contributed by atoms with Gasteiger partial charge in [0.1, 0.15) is 0 Å². The predicted molar refractivity (Wildman–Crippen MR) is 87.6 cm³/mol. The van der Waals surface area contributed by atoms with Crippen LogP contribution in [0.3, 0.4) is 0 Å². The van der Waals surface area contributed by atoms with Gasteiger partial charge in [-0.25, -0.2) is 0 Å². The second-order valence-corrected chi connectivity index (χ2v) is 6.32. The first kappa shape index (κ1) is 13.5. The third-order valence-corrected chi connectivity index (χ3v) is 5.09. The number of amides is 1. The molecule has 0 bridgehead atoms. The Morgan fingerprint density at radius 3 is 2.23 bits per heavy atom. The van der Waals surface area contributed by atoms with E-state index in [9.17, 15) is 4.79 Å². The Kier molecular flexibility index (Phi) is 3.23. The standard InChI is InChI=1S/C19H20N2O/c1-20-17(14-8-4-2-5-9-14)12-15-13-21(19(22)18(15)20)16-10-6-3-7-11-16/h2-11,15,17-18H,12-13H2,1H3/t15-,17-,18-/m0/s1. The van der Waals surface area contributed by atoms with Gasteiger partial charge in [-0.15, -0.1) is 0 Å². The number of likely N-dealkylation sites (tertiary alicyclic amines) is 1. The maximum absolute atomic E-state index is 12.9. The van der Waals surface area contributed by atoms with Crippen molar-refractivity contribution in [2.24, 2.45) is 5.92 Å². The monoisotopic (exact) mass is 292 g/mol. The number of anilines is 1. The molecule has 3 nitrogen and oxygen atoms in total. The molecule has 0 aromatic heterocycles. The highest BCUT2D eigenvalue weighted by molar-refractivity contribution is 6.00. The van der Waals surface area contributed by atoms with Crippen molar-refractivity contribution in [3.8, 4) is 0 Å². The van der Waals surface area contributed by atoms with Crippen molar-refractivity contribution in [2.45, 2.75) is 18.5 Å². The summed E-state index contributed by atoms with van der Waals surface area (Å²) < 4.78 is 0. The molecule has 4 rings (SSSR count). The number of likely N-dealkylation sites (N-methyl/N-ethyl adjacent to an activating group) is 1. The average molecular weight is 292 g/mol. The molecule has 2 saturated heterocycles. The van der Waals surface area contributed by atoms with Gasteiger partial charge >= 0.3 is 0 Å². The molecule has 2 aliphatic heterocycles. The largest absolute Gasteiger partial charge is 0.311 e. The topological polar surface area (TPSA) is 23.6 Å². The van der Waals surface area contributed by atoms with Crippen LogP contribution in [-0.2, 0) is 4.79 Å². The third-order valence-electron chi connectivity index (χ3n) is 5.09. The van der Waals surface area contributed by atoms with Crippen LogP contribution in [0.2, 0.25) is 0 Å². The first-order valence-corrected chi connectivity index (χ1v) is 7.89. The second kappa shape index (κ2) is 5.25. The zero-order chi connectivity index (χ0) is 15.1. The first-order chi connectivity index (χ1) is 10.8. The Morgan fingerprint density at radius 2 is 1.59 bits per heavy atom. The molecule has 112 valence electrons. The van der Waals surface area contributed by atoms with Crippen LogP contribution in [0.4, 0.5) is 5.69 Å². The molecule has 0 radical (unpaired) electrons. The molecule has 3 atom stereocenters. The van der Waals surface area contributed by atoms with Gasteiger partial charge in [0.25, 0.3) is 0 Å². The fraction of sp³-hybridized carbons (Fsp3) is 0.316. The van der Waals surface area contributed by atoms with Crippen LogP contribution in [0, 0.1) is 5.92 Å². The number of carbonyl (C=O) groups excluding carboxylic acids is 1. The smallest absolute Gasteiger partial charge is 0.244 e. The van der Waals surface area contributed by atoms with Crippen molar-refractivity contribution in [1.29, 1.82) is 0 Å². The van der Waals surface area contributed by atoms with E-state index in [0.29, 0.717) is 12.0 Å².